The lowest BCUT2D eigenvalue weighted by Crippen LogP contribution is -2.04. The number of aromatic nitrogens is 6. The molecule has 0 spiro atoms. The third-order valence-corrected chi connectivity index (χ3v) is 2.91. The Hall–Kier alpha value is -2.57. The molecule has 0 N–H and O–H groups in total. The second-order valence-corrected chi connectivity index (χ2v) is 5.17. The summed E-state index contributed by atoms with van der Waals surface area (Å²) < 4.78 is 7.17. The summed E-state index contributed by atoms with van der Waals surface area (Å²) in [5.74, 6) is 2.52. The van der Waals surface area contributed by atoms with Crippen LogP contribution in [-0.2, 0) is 13.0 Å². The van der Waals surface area contributed by atoms with Crippen molar-refractivity contribution in [2.24, 2.45) is 5.92 Å². The van der Waals surface area contributed by atoms with E-state index in [1.807, 2.05) is 10.8 Å². The van der Waals surface area contributed by atoms with E-state index in [0.29, 0.717) is 29.9 Å². The van der Waals surface area contributed by atoms with Gasteiger partial charge in [0.05, 0.1) is 12.7 Å². The lowest BCUT2D eigenvalue weighted by atomic mass is 10.1. The maximum atomic E-state index is 5.25. The zero-order chi connectivity index (χ0) is 14.7. The van der Waals surface area contributed by atoms with Crippen LogP contribution in [0.1, 0.15) is 25.6 Å². The van der Waals surface area contributed by atoms with Crippen molar-refractivity contribution in [3.05, 3.63) is 42.7 Å². The predicted molar refractivity (Wildman–Crippen MR) is 75.2 cm³/mol. The molecule has 0 aliphatic rings. The van der Waals surface area contributed by atoms with Crippen molar-refractivity contribution in [2.75, 3.05) is 0 Å². The molecule has 0 aromatic carbocycles. The molecule has 0 saturated heterocycles. The van der Waals surface area contributed by atoms with Crippen molar-refractivity contribution in [1.82, 2.24) is 29.7 Å². The molecule has 21 heavy (non-hydrogen) atoms. The molecule has 0 unspecified atom stereocenters. The molecule has 108 valence electrons. The summed E-state index contributed by atoms with van der Waals surface area (Å²) in [6, 6.07) is 0. The predicted octanol–water partition coefficient (Wildman–Crippen LogP) is 1.97. The van der Waals surface area contributed by atoms with Crippen molar-refractivity contribution in [1.29, 1.82) is 0 Å². The van der Waals surface area contributed by atoms with Gasteiger partial charge >= 0.3 is 0 Å². The molecule has 7 heteroatoms. The van der Waals surface area contributed by atoms with E-state index in [1.54, 1.807) is 24.8 Å². The number of hydrogen-bond donors (Lipinski definition) is 0. The number of imidazole rings is 1. The van der Waals surface area contributed by atoms with Crippen LogP contribution in [-0.4, -0.2) is 29.7 Å². The molecule has 0 atom stereocenters. The molecule has 0 amide bonds. The first-order valence-corrected chi connectivity index (χ1v) is 6.81. The van der Waals surface area contributed by atoms with Crippen LogP contribution in [0.5, 0.6) is 0 Å². The van der Waals surface area contributed by atoms with E-state index in [-0.39, 0.29) is 0 Å². The van der Waals surface area contributed by atoms with E-state index >= 15 is 0 Å². The van der Waals surface area contributed by atoms with Crippen LogP contribution < -0.4 is 0 Å². The summed E-state index contributed by atoms with van der Waals surface area (Å²) in [6.45, 7) is 4.73. The van der Waals surface area contributed by atoms with Crippen molar-refractivity contribution in [3.8, 4) is 11.5 Å². The minimum atomic E-state index is 0.488. The third kappa shape index (κ3) is 3.13. The van der Waals surface area contributed by atoms with Gasteiger partial charge in [-0.25, -0.2) is 9.97 Å². The van der Waals surface area contributed by atoms with Crippen LogP contribution in [0.2, 0.25) is 0 Å². The van der Waals surface area contributed by atoms with Crippen molar-refractivity contribution in [2.45, 2.75) is 26.8 Å². The van der Waals surface area contributed by atoms with Crippen molar-refractivity contribution in [3.63, 3.8) is 0 Å². The Balaban J connectivity index is 1.80. The number of nitrogens with zero attached hydrogens (tertiary/aromatic N) is 6. The van der Waals surface area contributed by atoms with Gasteiger partial charge in [0.25, 0.3) is 0 Å². The lowest BCUT2D eigenvalue weighted by molar-refractivity contribution is 0.358. The molecule has 3 heterocycles. The maximum absolute atomic E-state index is 5.25. The summed E-state index contributed by atoms with van der Waals surface area (Å²) in [5.41, 5.74) is 0.716. The van der Waals surface area contributed by atoms with E-state index < -0.39 is 0 Å². The summed E-state index contributed by atoms with van der Waals surface area (Å²) in [5, 5.41) is 4.01. The zero-order valence-electron chi connectivity index (χ0n) is 12.0. The minimum Gasteiger partial charge on any atom is -0.339 e. The van der Waals surface area contributed by atoms with E-state index in [2.05, 4.69) is 38.9 Å². The molecule has 0 aliphatic carbocycles. The first-order valence-electron chi connectivity index (χ1n) is 6.81. The van der Waals surface area contributed by atoms with E-state index in [9.17, 15) is 0 Å². The minimum absolute atomic E-state index is 0.488. The molecule has 3 aromatic rings. The van der Waals surface area contributed by atoms with E-state index in [0.717, 1.165) is 12.2 Å². The Morgan fingerprint density at radius 1 is 1.19 bits per heavy atom. The first kappa shape index (κ1) is 13.4. The Morgan fingerprint density at radius 3 is 2.86 bits per heavy atom. The van der Waals surface area contributed by atoms with Crippen LogP contribution in [0.4, 0.5) is 0 Å². The SMILES string of the molecule is CC(C)Cc1nc(Cn2ccnc2-c2cnccn2)no1. The van der Waals surface area contributed by atoms with Crippen LogP contribution in [0.3, 0.4) is 0 Å². The largest absolute Gasteiger partial charge is 0.339 e. The quantitative estimate of drug-likeness (QED) is 0.712. The van der Waals surface area contributed by atoms with Crippen molar-refractivity contribution < 1.29 is 4.52 Å². The molecule has 0 saturated carbocycles. The van der Waals surface area contributed by atoms with Gasteiger partial charge in [0.15, 0.2) is 11.6 Å². The van der Waals surface area contributed by atoms with Gasteiger partial charge in [-0.15, -0.1) is 0 Å². The van der Waals surface area contributed by atoms with Crippen LogP contribution >= 0.6 is 0 Å². The second-order valence-electron chi connectivity index (χ2n) is 5.17. The van der Waals surface area contributed by atoms with Gasteiger partial charge in [0.2, 0.25) is 5.89 Å². The molecular formula is C14H16N6O. The standard InChI is InChI=1S/C14H16N6O/c1-10(2)7-13-18-12(19-21-13)9-20-6-5-17-14(20)11-8-15-3-4-16-11/h3-6,8,10H,7,9H2,1-2H3. The average molecular weight is 284 g/mol. The number of hydrogen-bond acceptors (Lipinski definition) is 6. The van der Waals surface area contributed by atoms with Gasteiger partial charge in [-0.3, -0.25) is 4.98 Å². The fourth-order valence-electron chi connectivity index (χ4n) is 2.02. The van der Waals surface area contributed by atoms with Gasteiger partial charge in [-0.05, 0) is 5.92 Å². The summed E-state index contributed by atoms with van der Waals surface area (Å²) in [4.78, 5) is 17.0. The maximum Gasteiger partial charge on any atom is 0.226 e. The highest BCUT2D eigenvalue weighted by Gasteiger charge is 2.12. The molecule has 0 aliphatic heterocycles. The van der Waals surface area contributed by atoms with Gasteiger partial charge in [-0.2, -0.15) is 4.98 Å². The topological polar surface area (TPSA) is 82.5 Å². The van der Waals surface area contributed by atoms with E-state index in [4.69, 9.17) is 4.52 Å². The van der Waals surface area contributed by atoms with Gasteiger partial charge in [0.1, 0.15) is 5.69 Å². The summed E-state index contributed by atoms with van der Waals surface area (Å²) in [7, 11) is 0. The van der Waals surface area contributed by atoms with Crippen LogP contribution in [0.25, 0.3) is 11.5 Å². The molecule has 3 aromatic heterocycles. The van der Waals surface area contributed by atoms with Gasteiger partial charge < -0.3 is 9.09 Å². The van der Waals surface area contributed by atoms with Crippen molar-refractivity contribution >= 4 is 0 Å². The highest BCUT2D eigenvalue weighted by Crippen LogP contribution is 2.14. The molecule has 0 fully saturated rings. The molecule has 3 rings (SSSR count). The molecule has 0 radical (unpaired) electrons. The average Bonchev–Trinajstić information content (AvgIpc) is 3.09. The fraction of sp³-hybridized carbons (Fsp3) is 0.357. The smallest absolute Gasteiger partial charge is 0.226 e. The van der Waals surface area contributed by atoms with Gasteiger partial charge in [0, 0.05) is 31.2 Å². The molecule has 0 bridgehead atoms. The molecule has 7 nitrogen and oxygen atoms in total. The Kier molecular flexibility index (Phi) is 3.72. The second kappa shape index (κ2) is 5.82. The normalized spacial score (nSPS) is 11.2. The number of rotatable bonds is 5. The highest BCUT2D eigenvalue weighted by molar-refractivity contribution is 5.47. The first-order chi connectivity index (χ1) is 10.2. The Morgan fingerprint density at radius 2 is 2.10 bits per heavy atom. The van der Waals surface area contributed by atoms with Crippen LogP contribution in [0.15, 0.2) is 35.5 Å². The summed E-state index contributed by atoms with van der Waals surface area (Å²) in [6.07, 6.45) is 9.33. The third-order valence-electron chi connectivity index (χ3n) is 2.91. The van der Waals surface area contributed by atoms with E-state index in [1.165, 1.54) is 0 Å². The monoisotopic (exact) mass is 284 g/mol. The summed E-state index contributed by atoms with van der Waals surface area (Å²) >= 11 is 0. The lowest BCUT2D eigenvalue weighted by Gasteiger charge is -2.03. The molecular weight excluding hydrogens is 268 g/mol. The highest BCUT2D eigenvalue weighted by atomic mass is 16.5. The van der Waals surface area contributed by atoms with Crippen LogP contribution in [0, 0.1) is 5.92 Å². The Bertz CT molecular complexity index is 703. The fourth-order valence-corrected chi connectivity index (χ4v) is 2.02. The Labute approximate surface area is 122 Å². The van der Waals surface area contributed by atoms with Gasteiger partial charge in [-0.1, -0.05) is 19.0 Å². The zero-order valence-corrected chi connectivity index (χ0v) is 12.0.